The Bertz CT molecular complexity index is 575. The first kappa shape index (κ1) is 18.1. The zero-order chi connectivity index (χ0) is 17.6. The standard InChI is InChI=1S/C18H28N4O3/c1-21(2)18-19-8-7-15(20-18)16-12-22(9-11-25-16)17(23)6-5-14-4-3-10-24-13-14/h7-8,14,16H,3-6,9-13H2,1-2H3/t14-,16-/m1/s1. The third-order valence-corrected chi connectivity index (χ3v) is 4.83. The van der Waals surface area contributed by atoms with Gasteiger partial charge >= 0.3 is 0 Å². The Labute approximate surface area is 149 Å². The number of anilines is 1. The average Bonchev–Trinajstić information content (AvgIpc) is 2.67. The maximum absolute atomic E-state index is 12.6. The molecule has 2 aliphatic heterocycles. The Morgan fingerprint density at radius 1 is 1.40 bits per heavy atom. The van der Waals surface area contributed by atoms with Crippen molar-refractivity contribution in [2.24, 2.45) is 5.92 Å². The summed E-state index contributed by atoms with van der Waals surface area (Å²) in [7, 11) is 3.82. The molecule has 0 saturated carbocycles. The van der Waals surface area contributed by atoms with Crippen LogP contribution in [0.2, 0.25) is 0 Å². The Morgan fingerprint density at radius 2 is 2.28 bits per heavy atom. The van der Waals surface area contributed by atoms with Crippen molar-refractivity contribution in [1.82, 2.24) is 14.9 Å². The molecule has 0 N–H and O–H groups in total. The minimum absolute atomic E-state index is 0.183. The molecule has 1 aromatic heterocycles. The average molecular weight is 348 g/mol. The van der Waals surface area contributed by atoms with E-state index in [1.165, 1.54) is 6.42 Å². The van der Waals surface area contributed by atoms with E-state index in [-0.39, 0.29) is 12.0 Å². The van der Waals surface area contributed by atoms with Crippen LogP contribution >= 0.6 is 0 Å². The second-order valence-corrected chi connectivity index (χ2v) is 7.00. The second kappa shape index (κ2) is 8.58. The van der Waals surface area contributed by atoms with Gasteiger partial charge in [0.1, 0.15) is 6.10 Å². The van der Waals surface area contributed by atoms with Gasteiger partial charge in [0, 0.05) is 46.5 Å². The molecule has 0 spiro atoms. The van der Waals surface area contributed by atoms with Crippen LogP contribution in [0.15, 0.2) is 12.3 Å². The van der Waals surface area contributed by atoms with Gasteiger partial charge < -0.3 is 19.3 Å². The fourth-order valence-corrected chi connectivity index (χ4v) is 3.33. The highest BCUT2D eigenvalue weighted by Crippen LogP contribution is 2.24. The molecule has 0 aliphatic carbocycles. The molecule has 0 radical (unpaired) electrons. The van der Waals surface area contributed by atoms with Gasteiger partial charge in [-0.25, -0.2) is 9.97 Å². The molecule has 0 aromatic carbocycles. The molecular formula is C18H28N4O3. The minimum Gasteiger partial charge on any atom is -0.381 e. The van der Waals surface area contributed by atoms with E-state index in [1.54, 1.807) is 6.20 Å². The van der Waals surface area contributed by atoms with E-state index in [1.807, 2.05) is 30.0 Å². The predicted molar refractivity (Wildman–Crippen MR) is 94.4 cm³/mol. The number of carbonyl (C=O) groups is 1. The third-order valence-electron chi connectivity index (χ3n) is 4.83. The monoisotopic (exact) mass is 348 g/mol. The normalized spacial score (nSPS) is 24.2. The van der Waals surface area contributed by atoms with Gasteiger partial charge in [-0.05, 0) is 31.2 Å². The molecule has 0 unspecified atom stereocenters. The minimum atomic E-state index is -0.183. The highest BCUT2D eigenvalue weighted by molar-refractivity contribution is 5.76. The number of ether oxygens (including phenoxy) is 2. The van der Waals surface area contributed by atoms with Gasteiger partial charge in [-0.3, -0.25) is 4.79 Å². The zero-order valence-electron chi connectivity index (χ0n) is 15.2. The van der Waals surface area contributed by atoms with Crippen molar-refractivity contribution in [3.8, 4) is 0 Å². The lowest BCUT2D eigenvalue weighted by Crippen LogP contribution is -2.42. The maximum Gasteiger partial charge on any atom is 0.225 e. The van der Waals surface area contributed by atoms with E-state index in [0.29, 0.717) is 38.0 Å². The molecule has 138 valence electrons. The van der Waals surface area contributed by atoms with Crippen molar-refractivity contribution >= 4 is 11.9 Å². The summed E-state index contributed by atoms with van der Waals surface area (Å²) in [4.78, 5) is 25.1. The van der Waals surface area contributed by atoms with Crippen molar-refractivity contribution in [2.75, 3.05) is 51.9 Å². The van der Waals surface area contributed by atoms with Crippen LogP contribution in [0, 0.1) is 5.92 Å². The Hall–Kier alpha value is -1.73. The first-order valence-electron chi connectivity index (χ1n) is 9.11. The topological polar surface area (TPSA) is 67.8 Å². The molecule has 1 aromatic rings. The van der Waals surface area contributed by atoms with Crippen LogP contribution in [-0.4, -0.2) is 67.8 Å². The van der Waals surface area contributed by atoms with E-state index >= 15 is 0 Å². The van der Waals surface area contributed by atoms with Gasteiger partial charge in [0.05, 0.1) is 18.8 Å². The van der Waals surface area contributed by atoms with E-state index in [9.17, 15) is 4.79 Å². The Morgan fingerprint density at radius 3 is 3.04 bits per heavy atom. The van der Waals surface area contributed by atoms with Crippen LogP contribution < -0.4 is 4.90 Å². The van der Waals surface area contributed by atoms with Crippen molar-refractivity contribution in [1.29, 1.82) is 0 Å². The van der Waals surface area contributed by atoms with Crippen molar-refractivity contribution < 1.29 is 14.3 Å². The van der Waals surface area contributed by atoms with Crippen molar-refractivity contribution in [3.05, 3.63) is 18.0 Å². The second-order valence-electron chi connectivity index (χ2n) is 7.00. The highest BCUT2D eigenvalue weighted by atomic mass is 16.5. The lowest BCUT2D eigenvalue weighted by Gasteiger charge is -2.33. The molecule has 7 nitrogen and oxygen atoms in total. The number of aromatic nitrogens is 2. The summed E-state index contributed by atoms with van der Waals surface area (Å²) in [6.45, 7) is 3.42. The summed E-state index contributed by atoms with van der Waals surface area (Å²) in [5.74, 6) is 1.39. The number of rotatable bonds is 5. The molecule has 2 saturated heterocycles. The van der Waals surface area contributed by atoms with E-state index in [0.717, 1.165) is 31.7 Å². The molecule has 1 amide bonds. The number of hydrogen-bond acceptors (Lipinski definition) is 6. The largest absolute Gasteiger partial charge is 0.381 e. The van der Waals surface area contributed by atoms with Crippen LogP contribution in [0.5, 0.6) is 0 Å². The summed E-state index contributed by atoms with van der Waals surface area (Å²) >= 11 is 0. The molecule has 2 fully saturated rings. The summed E-state index contributed by atoms with van der Waals surface area (Å²) in [6, 6.07) is 1.87. The maximum atomic E-state index is 12.6. The number of carbonyl (C=O) groups excluding carboxylic acids is 1. The lowest BCUT2D eigenvalue weighted by molar-refractivity contribution is -0.139. The molecule has 3 heterocycles. The van der Waals surface area contributed by atoms with Gasteiger partial charge in [-0.2, -0.15) is 0 Å². The van der Waals surface area contributed by atoms with E-state index in [4.69, 9.17) is 9.47 Å². The molecule has 3 rings (SSSR count). The van der Waals surface area contributed by atoms with Gasteiger partial charge in [0.2, 0.25) is 11.9 Å². The summed E-state index contributed by atoms with van der Waals surface area (Å²) < 4.78 is 11.4. The first-order valence-corrected chi connectivity index (χ1v) is 9.11. The summed E-state index contributed by atoms with van der Waals surface area (Å²) in [5.41, 5.74) is 0.830. The SMILES string of the molecule is CN(C)c1nccc([C@H]2CN(C(=O)CC[C@H]3CCCOC3)CCO2)n1. The molecule has 2 atom stereocenters. The van der Waals surface area contributed by atoms with Gasteiger partial charge in [0.15, 0.2) is 0 Å². The van der Waals surface area contributed by atoms with Crippen LogP contribution in [0.1, 0.15) is 37.5 Å². The summed E-state index contributed by atoms with van der Waals surface area (Å²) in [5, 5.41) is 0. The Kier molecular flexibility index (Phi) is 6.20. The number of hydrogen-bond donors (Lipinski definition) is 0. The molecule has 25 heavy (non-hydrogen) atoms. The lowest BCUT2D eigenvalue weighted by atomic mass is 9.96. The Balaban J connectivity index is 1.55. The zero-order valence-corrected chi connectivity index (χ0v) is 15.2. The van der Waals surface area contributed by atoms with Crippen molar-refractivity contribution in [2.45, 2.75) is 31.8 Å². The first-order chi connectivity index (χ1) is 12.1. The van der Waals surface area contributed by atoms with Crippen LogP contribution in [0.25, 0.3) is 0 Å². The predicted octanol–water partition coefficient (Wildman–Crippen LogP) is 1.65. The van der Waals surface area contributed by atoms with Gasteiger partial charge in [-0.15, -0.1) is 0 Å². The fourth-order valence-electron chi connectivity index (χ4n) is 3.33. The highest BCUT2D eigenvalue weighted by Gasteiger charge is 2.27. The molecule has 0 bridgehead atoms. The number of morpholine rings is 1. The molecular weight excluding hydrogens is 320 g/mol. The number of amides is 1. The van der Waals surface area contributed by atoms with E-state index in [2.05, 4.69) is 9.97 Å². The quantitative estimate of drug-likeness (QED) is 0.806. The molecule has 2 aliphatic rings. The fraction of sp³-hybridized carbons (Fsp3) is 0.722. The van der Waals surface area contributed by atoms with Crippen LogP contribution in [-0.2, 0) is 14.3 Å². The third kappa shape index (κ3) is 4.89. The molecule has 7 heteroatoms. The smallest absolute Gasteiger partial charge is 0.225 e. The number of nitrogens with zero attached hydrogens (tertiary/aromatic N) is 4. The summed E-state index contributed by atoms with van der Waals surface area (Å²) in [6.07, 6.45) is 5.35. The van der Waals surface area contributed by atoms with Gasteiger partial charge in [0.25, 0.3) is 0 Å². The van der Waals surface area contributed by atoms with Crippen LogP contribution in [0.4, 0.5) is 5.95 Å². The van der Waals surface area contributed by atoms with E-state index < -0.39 is 0 Å². The van der Waals surface area contributed by atoms with Crippen molar-refractivity contribution in [3.63, 3.8) is 0 Å². The van der Waals surface area contributed by atoms with Crippen LogP contribution in [0.3, 0.4) is 0 Å². The van der Waals surface area contributed by atoms with Gasteiger partial charge in [-0.1, -0.05) is 0 Å².